The first-order chi connectivity index (χ1) is 24.2. The molecule has 15 nitrogen and oxygen atoms in total. The molecule has 4 N–H and O–H groups in total. The summed E-state index contributed by atoms with van der Waals surface area (Å²) in [5.41, 5.74) is 3.68. The lowest BCUT2D eigenvalue weighted by Gasteiger charge is -2.25. The summed E-state index contributed by atoms with van der Waals surface area (Å²) in [5, 5.41) is 13.6. The lowest BCUT2D eigenvalue weighted by molar-refractivity contribution is -0.147. The van der Waals surface area contributed by atoms with Crippen molar-refractivity contribution >= 4 is 47.7 Å². The number of unbranched alkanes of at least 4 members (excludes halogenated alkanes) is 2. The number of nitrogens with one attached hydrogen (secondary N) is 1. The molecule has 2 aromatic heterocycles. The number of aromatic nitrogens is 4. The first kappa shape index (κ1) is 40.6. The van der Waals surface area contributed by atoms with Crippen LogP contribution in [0.1, 0.15) is 72.1 Å². The summed E-state index contributed by atoms with van der Waals surface area (Å²) in [4.78, 5) is 37.5. The number of esters is 1. The summed E-state index contributed by atoms with van der Waals surface area (Å²) in [5.74, 6) is -0.240. The number of benzene rings is 1. The third kappa shape index (κ3) is 10.7. The van der Waals surface area contributed by atoms with Crippen molar-refractivity contribution in [3.63, 3.8) is 0 Å². The van der Waals surface area contributed by atoms with Gasteiger partial charge in [0, 0.05) is 18.7 Å². The minimum atomic E-state index is -4.12. The van der Waals surface area contributed by atoms with Gasteiger partial charge in [0.25, 0.3) is 0 Å². The van der Waals surface area contributed by atoms with Crippen molar-refractivity contribution in [2.75, 3.05) is 37.9 Å². The van der Waals surface area contributed by atoms with E-state index in [1.54, 1.807) is 20.8 Å². The van der Waals surface area contributed by atoms with Gasteiger partial charge in [0.2, 0.25) is 11.8 Å². The molecule has 3 heterocycles. The van der Waals surface area contributed by atoms with Gasteiger partial charge in [-0.05, 0) is 39.7 Å². The number of nitrogen functional groups attached to an aromatic ring is 1. The Hall–Kier alpha value is -3.18. The molecule has 3 aromatic rings. The molecule has 1 saturated heterocycles. The highest BCUT2D eigenvalue weighted by Gasteiger charge is 2.56. The number of alkyl halides is 1. The Morgan fingerprint density at radius 2 is 1.94 bits per heavy atom. The molecule has 4 rings (SSSR count). The maximum atomic E-state index is 16.2. The highest BCUT2D eigenvalue weighted by atomic mass is 32.2. The zero-order chi connectivity index (χ0) is 37.2. The number of nitrogens with zero attached hydrogens (tertiary/aromatic N) is 4. The maximum absolute atomic E-state index is 16.2. The predicted octanol–water partition coefficient (Wildman–Crippen LogP) is 5.13. The van der Waals surface area contributed by atoms with Crippen LogP contribution in [0, 0.1) is 5.41 Å². The van der Waals surface area contributed by atoms with E-state index in [0.717, 1.165) is 43.5 Å². The predicted molar refractivity (Wildman–Crippen MR) is 189 cm³/mol. The van der Waals surface area contributed by atoms with Gasteiger partial charge < -0.3 is 25.1 Å². The summed E-state index contributed by atoms with van der Waals surface area (Å²) >= 11 is 0.949. The Bertz CT molecular complexity index is 1660. The number of aliphatic hydroxyl groups is 1. The van der Waals surface area contributed by atoms with Crippen molar-refractivity contribution in [2.24, 2.45) is 5.41 Å². The van der Waals surface area contributed by atoms with Gasteiger partial charge in [0.05, 0.1) is 31.6 Å². The molecule has 1 fully saturated rings. The number of rotatable bonds is 20. The second kappa shape index (κ2) is 18.0. The average molecular weight is 755 g/mol. The van der Waals surface area contributed by atoms with Gasteiger partial charge in [-0.2, -0.15) is 9.97 Å². The number of halogens is 1. The normalized spacial score (nSPS) is 21.8. The van der Waals surface area contributed by atoms with Gasteiger partial charge in [-0.3, -0.25) is 23.2 Å². The van der Waals surface area contributed by atoms with E-state index in [4.69, 9.17) is 29.0 Å². The number of imidazole rings is 1. The molecule has 1 aliphatic rings. The zero-order valence-electron chi connectivity index (χ0n) is 29.6. The number of ether oxygens (including phenoxy) is 3. The van der Waals surface area contributed by atoms with Crippen LogP contribution in [0.5, 0.6) is 5.88 Å². The molecular weight excluding hydrogens is 706 g/mol. The number of anilines is 1. The van der Waals surface area contributed by atoms with Crippen LogP contribution in [0.4, 0.5) is 10.3 Å². The number of fused-ring (bicyclic) bond motifs is 1. The van der Waals surface area contributed by atoms with Crippen molar-refractivity contribution in [1.29, 1.82) is 0 Å². The van der Waals surface area contributed by atoms with Crippen molar-refractivity contribution in [1.82, 2.24) is 24.6 Å². The Kier molecular flexibility index (Phi) is 14.4. The summed E-state index contributed by atoms with van der Waals surface area (Å²) in [6.45, 7) is 7.96. The van der Waals surface area contributed by atoms with Crippen molar-refractivity contribution in [3.8, 4) is 5.88 Å². The van der Waals surface area contributed by atoms with E-state index < -0.39 is 43.9 Å². The Morgan fingerprint density at radius 1 is 1.20 bits per heavy atom. The van der Waals surface area contributed by atoms with E-state index in [-0.39, 0.29) is 66.2 Å². The molecule has 0 saturated carbocycles. The quantitative estimate of drug-likeness (QED) is 0.0778. The van der Waals surface area contributed by atoms with Crippen LogP contribution in [0.25, 0.3) is 11.2 Å². The van der Waals surface area contributed by atoms with Crippen molar-refractivity contribution in [3.05, 3.63) is 42.2 Å². The van der Waals surface area contributed by atoms with Gasteiger partial charge in [-0.15, -0.1) is 0 Å². The Balaban J connectivity index is 1.39. The zero-order valence-corrected chi connectivity index (χ0v) is 31.3. The minimum Gasteiger partial charge on any atom is -0.476 e. The number of hydrogen-bond donors (Lipinski definition) is 3. The van der Waals surface area contributed by atoms with E-state index in [0.29, 0.717) is 6.42 Å². The van der Waals surface area contributed by atoms with Crippen LogP contribution in [-0.2, 0) is 39.2 Å². The third-order valence-electron chi connectivity index (χ3n) is 8.09. The van der Waals surface area contributed by atoms with Crippen LogP contribution in [0.3, 0.4) is 0 Å². The van der Waals surface area contributed by atoms with Gasteiger partial charge in [0.15, 0.2) is 28.2 Å². The van der Waals surface area contributed by atoms with Gasteiger partial charge in [-0.1, -0.05) is 61.9 Å². The molecule has 51 heavy (non-hydrogen) atoms. The fourth-order valence-electron chi connectivity index (χ4n) is 5.15. The number of carbonyl (C=O) groups is 2. The number of aliphatic hydroxyl groups excluding tert-OH is 1. The van der Waals surface area contributed by atoms with Crippen LogP contribution < -0.4 is 15.6 Å². The Labute approximate surface area is 301 Å². The van der Waals surface area contributed by atoms with Gasteiger partial charge in [0.1, 0.15) is 18.8 Å². The largest absolute Gasteiger partial charge is 0.476 e. The fourth-order valence-corrected chi connectivity index (χ4v) is 7.38. The number of thioether (sulfide) groups is 1. The summed E-state index contributed by atoms with van der Waals surface area (Å²) < 4.78 is 59.6. The van der Waals surface area contributed by atoms with E-state index in [2.05, 4.69) is 20.0 Å². The third-order valence-corrected chi connectivity index (χ3v) is 10.8. The van der Waals surface area contributed by atoms with E-state index in [1.807, 2.05) is 37.3 Å². The monoisotopic (exact) mass is 754 g/mol. The molecule has 2 unspecified atom stereocenters. The molecule has 5 atom stereocenters. The van der Waals surface area contributed by atoms with Crippen molar-refractivity contribution < 1.29 is 46.9 Å². The van der Waals surface area contributed by atoms with Crippen LogP contribution in [0.2, 0.25) is 0 Å². The first-order valence-electron chi connectivity index (χ1n) is 16.9. The maximum Gasteiger partial charge on any atom is 0.405 e. The number of hydrogen-bond acceptors (Lipinski definition) is 14. The highest BCUT2D eigenvalue weighted by Crippen LogP contribution is 2.48. The molecule has 0 radical (unpaired) electrons. The SMILES string of the molecule is CCCCCC(=O)OCC(C)(C)C(=O)SCCOP(=O)(NCc1ccccc1)OCC1O[C@@H](n2cnc3c(OCC)nc(N)nc32)[C@](C)(F)[C@@H]1O. The van der Waals surface area contributed by atoms with Gasteiger partial charge in [-0.25, -0.2) is 19.0 Å². The second-order valence-electron chi connectivity index (χ2n) is 12.9. The van der Waals surface area contributed by atoms with Crippen LogP contribution >= 0.6 is 19.5 Å². The number of carbonyl (C=O) groups excluding carboxylic acids is 2. The summed E-state index contributed by atoms with van der Waals surface area (Å²) in [6.07, 6.45) is -0.196. The average Bonchev–Trinajstić information content (AvgIpc) is 3.61. The Morgan fingerprint density at radius 3 is 2.65 bits per heavy atom. The first-order valence-corrected chi connectivity index (χ1v) is 19.4. The number of nitrogens with two attached hydrogens (primary N) is 1. The highest BCUT2D eigenvalue weighted by molar-refractivity contribution is 8.13. The molecule has 282 valence electrons. The van der Waals surface area contributed by atoms with Crippen LogP contribution in [-0.4, -0.2) is 85.8 Å². The molecule has 18 heteroatoms. The molecule has 0 spiro atoms. The smallest absolute Gasteiger partial charge is 0.405 e. The molecule has 1 aromatic carbocycles. The topological polar surface area (TPSA) is 199 Å². The molecular formula is C33H48FN6O9PS. The molecule has 0 bridgehead atoms. The van der Waals surface area contributed by atoms with Crippen LogP contribution in [0.15, 0.2) is 36.7 Å². The summed E-state index contributed by atoms with van der Waals surface area (Å²) in [7, 11) is -4.12. The second-order valence-corrected chi connectivity index (χ2v) is 15.7. The van der Waals surface area contributed by atoms with E-state index in [9.17, 15) is 19.3 Å². The molecule has 1 aliphatic heterocycles. The molecule has 0 aliphatic carbocycles. The van der Waals surface area contributed by atoms with Crippen molar-refractivity contribution in [2.45, 2.75) is 91.0 Å². The van der Waals surface area contributed by atoms with E-state index in [1.165, 1.54) is 10.9 Å². The van der Waals surface area contributed by atoms with E-state index >= 15 is 4.39 Å². The van der Waals surface area contributed by atoms with Gasteiger partial charge >= 0.3 is 13.7 Å². The fraction of sp³-hybridized carbons (Fsp3) is 0.606. The lowest BCUT2D eigenvalue weighted by atomic mass is 9.97. The summed E-state index contributed by atoms with van der Waals surface area (Å²) in [6, 6.07) is 9.10. The lowest BCUT2D eigenvalue weighted by Crippen LogP contribution is -2.40. The molecule has 0 amide bonds. The standard InChI is InChI=1S/C33H48FN6O9PS/c1-6-8-10-15-24(41)46-20-32(3,4)30(43)51-17-16-47-50(44,37-18-22-13-11-9-12-14-22)48-19-23-26(42)33(5,34)29(49-23)40-21-36-25-27(40)38-31(35)39-28(25)45-7-2/h9,11-14,21,23,26,29,42H,6-8,10,15-20H2,1-5H3,(H,37,44)(H2,35,38,39)/t23?,26-,29-,33-,50?/m1/s1. The minimum absolute atomic E-state index is 0.0635.